The number of nitrogens with zero attached hydrogens (tertiary/aromatic N) is 4. The van der Waals surface area contributed by atoms with Gasteiger partial charge in [-0.15, -0.1) is 0 Å². The first-order chi connectivity index (χ1) is 11.2. The summed E-state index contributed by atoms with van der Waals surface area (Å²) in [4.78, 5) is 34.7. The first-order valence-corrected chi connectivity index (χ1v) is 8.07. The van der Waals surface area contributed by atoms with Crippen molar-refractivity contribution in [2.24, 2.45) is 11.7 Å². The minimum Gasteiger partial charge on any atom is -0.465 e. The summed E-state index contributed by atoms with van der Waals surface area (Å²) in [6, 6.07) is 1.49. The van der Waals surface area contributed by atoms with Crippen molar-refractivity contribution in [2.75, 3.05) is 24.5 Å². The van der Waals surface area contributed by atoms with Crippen LogP contribution in [-0.2, 0) is 0 Å². The maximum absolute atomic E-state index is 11.5. The third-order valence-corrected chi connectivity index (χ3v) is 4.18. The van der Waals surface area contributed by atoms with Crippen LogP contribution in [0.2, 0.25) is 0 Å². The number of carboxylic acid groups (broad SMARTS) is 1. The van der Waals surface area contributed by atoms with Crippen molar-refractivity contribution in [2.45, 2.75) is 39.2 Å². The fourth-order valence-electron chi connectivity index (χ4n) is 2.93. The van der Waals surface area contributed by atoms with Gasteiger partial charge >= 0.3 is 6.09 Å². The van der Waals surface area contributed by atoms with Crippen LogP contribution in [0.25, 0.3) is 0 Å². The van der Waals surface area contributed by atoms with E-state index in [0.29, 0.717) is 19.0 Å². The van der Waals surface area contributed by atoms with Crippen LogP contribution in [0.5, 0.6) is 0 Å². The summed E-state index contributed by atoms with van der Waals surface area (Å²) in [6.45, 7) is 7.57. The lowest BCUT2D eigenvalue weighted by atomic mass is 9.95. The molecule has 0 aliphatic carbocycles. The molecule has 0 spiro atoms. The molecule has 1 aliphatic rings. The molecule has 0 bridgehead atoms. The number of primary amides is 1. The number of hydrogen-bond donors (Lipinski definition) is 2. The molecular formula is C16H25N5O3. The maximum Gasteiger partial charge on any atom is 0.407 e. The molecule has 132 valence electrons. The van der Waals surface area contributed by atoms with Crippen LogP contribution in [-0.4, -0.2) is 57.1 Å². The lowest BCUT2D eigenvalue weighted by Gasteiger charge is -2.39. The van der Waals surface area contributed by atoms with Gasteiger partial charge in [0.2, 0.25) is 5.95 Å². The van der Waals surface area contributed by atoms with Gasteiger partial charge in [0, 0.05) is 31.4 Å². The predicted molar refractivity (Wildman–Crippen MR) is 90.0 cm³/mol. The van der Waals surface area contributed by atoms with E-state index in [-0.39, 0.29) is 11.6 Å². The summed E-state index contributed by atoms with van der Waals surface area (Å²) in [5, 5.41) is 9.46. The molecule has 0 radical (unpaired) electrons. The number of nitrogens with two attached hydrogens (primary N) is 1. The zero-order valence-corrected chi connectivity index (χ0v) is 14.4. The molecule has 2 amide bonds. The van der Waals surface area contributed by atoms with Gasteiger partial charge in [-0.3, -0.25) is 4.79 Å². The van der Waals surface area contributed by atoms with Crippen LogP contribution >= 0.6 is 0 Å². The minimum atomic E-state index is -0.911. The SMILES string of the molecule is CC(C)(C)N(CC1CCCN(c2nccc(C(N)=O)n2)C1)C(=O)O. The molecule has 2 rings (SSSR count). The second kappa shape index (κ2) is 7.02. The van der Waals surface area contributed by atoms with Gasteiger partial charge in [-0.2, -0.15) is 0 Å². The Hall–Kier alpha value is -2.38. The van der Waals surface area contributed by atoms with Crippen molar-refractivity contribution in [1.82, 2.24) is 14.9 Å². The highest BCUT2D eigenvalue weighted by Crippen LogP contribution is 2.24. The number of anilines is 1. The van der Waals surface area contributed by atoms with E-state index in [4.69, 9.17) is 5.73 Å². The average molecular weight is 335 g/mol. The van der Waals surface area contributed by atoms with E-state index < -0.39 is 17.5 Å². The van der Waals surface area contributed by atoms with E-state index in [1.165, 1.54) is 17.2 Å². The van der Waals surface area contributed by atoms with Crippen LogP contribution in [0.3, 0.4) is 0 Å². The van der Waals surface area contributed by atoms with E-state index in [9.17, 15) is 14.7 Å². The molecule has 1 unspecified atom stereocenters. The second-order valence-corrected chi connectivity index (χ2v) is 7.12. The highest BCUT2D eigenvalue weighted by atomic mass is 16.4. The van der Waals surface area contributed by atoms with Crippen molar-refractivity contribution in [3.8, 4) is 0 Å². The van der Waals surface area contributed by atoms with E-state index in [1.54, 1.807) is 0 Å². The van der Waals surface area contributed by atoms with Crippen molar-refractivity contribution in [3.63, 3.8) is 0 Å². The van der Waals surface area contributed by atoms with Gasteiger partial charge in [0.15, 0.2) is 0 Å². The quantitative estimate of drug-likeness (QED) is 0.863. The molecule has 8 nitrogen and oxygen atoms in total. The Balaban J connectivity index is 2.10. The smallest absolute Gasteiger partial charge is 0.407 e. The Bertz CT molecular complexity index is 614. The standard InChI is InChI=1S/C16H25N5O3/c1-16(2,3)21(15(23)24)10-11-5-4-8-20(9-11)14-18-7-6-12(19-14)13(17)22/h6-7,11H,4-5,8-10H2,1-3H3,(H2,17,22)(H,23,24). The molecule has 1 fully saturated rings. The highest BCUT2D eigenvalue weighted by Gasteiger charge is 2.31. The number of rotatable bonds is 4. The highest BCUT2D eigenvalue weighted by molar-refractivity contribution is 5.90. The molecule has 1 atom stereocenters. The first-order valence-electron chi connectivity index (χ1n) is 8.07. The predicted octanol–water partition coefficient (Wildman–Crippen LogP) is 1.57. The molecule has 24 heavy (non-hydrogen) atoms. The fourth-order valence-corrected chi connectivity index (χ4v) is 2.93. The van der Waals surface area contributed by atoms with Crippen molar-refractivity contribution in [1.29, 1.82) is 0 Å². The lowest BCUT2D eigenvalue weighted by Crippen LogP contribution is -2.50. The number of piperidine rings is 1. The van der Waals surface area contributed by atoms with Crippen molar-refractivity contribution in [3.05, 3.63) is 18.0 Å². The van der Waals surface area contributed by atoms with Crippen molar-refractivity contribution >= 4 is 17.9 Å². The summed E-state index contributed by atoms with van der Waals surface area (Å²) in [5.74, 6) is 0.0699. The van der Waals surface area contributed by atoms with Gasteiger partial charge in [-0.1, -0.05) is 0 Å². The van der Waals surface area contributed by atoms with Gasteiger partial charge in [0.1, 0.15) is 5.69 Å². The largest absolute Gasteiger partial charge is 0.465 e. The minimum absolute atomic E-state index is 0.184. The molecule has 8 heteroatoms. The molecule has 2 heterocycles. The number of carbonyl (C=O) groups excluding carboxylic acids is 1. The summed E-state index contributed by atoms with van der Waals surface area (Å²) < 4.78 is 0. The molecule has 1 saturated heterocycles. The first kappa shape index (κ1) is 18.0. The molecule has 3 N–H and O–H groups in total. The van der Waals surface area contributed by atoms with E-state index in [0.717, 1.165) is 19.4 Å². The monoisotopic (exact) mass is 335 g/mol. The Morgan fingerprint density at radius 2 is 2.17 bits per heavy atom. The maximum atomic E-state index is 11.5. The molecular weight excluding hydrogens is 310 g/mol. The van der Waals surface area contributed by atoms with Gasteiger partial charge in [0.25, 0.3) is 5.91 Å². The lowest BCUT2D eigenvalue weighted by molar-refractivity contribution is 0.0863. The Labute approximate surface area is 141 Å². The second-order valence-electron chi connectivity index (χ2n) is 7.12. The van der Waals surface area contributed by atoms with Gasteiger partial charge in [-0.25, -0.2) is 14.8 Å². The molecule has 0 saturated carbocycles. The van der Waals surface area contributed by atoms with E-state index >= 15 is 0 Å². The number of hydrogen-bond acceptors (Lipinski definition) is 5. The summed E-state index contributed by atoms with van der Waals surface area (Å²) in [6.07, 6.45) is 2.48. The third-order valence-electron chi connectivity index (χ3n) is 4.18. The van der Waals surface area contributed by atoms with Crippen molar-refractivity contribution < 1.29 is 14.7 Å². The molecule has 1 aromatic heterocycles. The van der Waals surface area contributed by atoms with E-state index in [1.807, 2.05) is 25.7 Å². The van der Waals surface area contributed by atoms with Crippen LogP contribution in [0.1, 0.15) is 44.1 Å². The van der Waals surface area contributed by atoms with Crippen LogP contribution in [0, 0.1) is 5.92 Å². The Morgan fingerprint density at radius 1 is 1.46 bits per heavy atom. The van der Waals surface area contributed by atoms with Gasteiger partial charge in [-0.05, 0) is 45.6 Å². The zero-order chi connectivity index (χ0) is 17.9. The normalized spacial score (nSPS) is 18.3. The fraction of sp³-hybridized carbons (Fsp3) is 0.625. The topological polar surface area (TPSA) is 113 Å². The third kappa shape index (κ3) is 4.33. The average Bonchev–Trinajstić information content (AvgIpc) is 2.51. The van der Waals surface area contributed by atoms with Crippen LogP contribution < -0.4 is 10.6 Å². The van der Waals surface area contributed by atoms with Crippen LogP contribution in [0.15, 0.2) is 12.3 Å². The molecule has 1 aromatic rings. The zero-order valence-electron chi connectivity index (χ0n) is 14.4. The summed E-state index contributed by atoms with van der Waals surface area (Å²) in [5.41, 5.74) is 5.00. The Morgan fingerprint density at radius 3 is 2.75 bits per heavy atom. The van der Waals surface area contributed by atoms with E-state index in [2.05, 4.69) is 9.97 Å². The number of aromatic nitrogens is 2. The Kier molecular flexibility index (Phi) is 5.26. The summed E-state index contributed by atoms with van der Waals surface area (Å²) >= 11 is 0. The van der Waals surface area contributed by atoms with Gasteiger partial charge < -0.3 is 20.6 Å². The number of amides is 2. The molecule has 0 aromatic carbocycles. The van der Waals surface area contributed by atoms with Crippen LogP contribution in [0.4, 0.5) is 10.7 Å². The number of carbonyl (C=O) groups is 2. The summed E-state index contributed by atoms with van der Waals surface area (Å²) in [7, 11) is 0. The van der Waals surface area contributed by atoms with Gasteiger partial charge in [0.05, 0.1) is 0 Å². The molecule has 1 aliphatic heterocycles.